The fraction of sp³-hybridized carbons (Fsp3) is 0.156. The number of benzene rings is 4. The summed E-state index contributed by atoms with van der Waals surface area (Å²) in [5.41, 5.74) is 7.46. The fourth-order valence-electron chi connectivity index (χ4n) is 5.23. The second kappa shape index (κ2) is 9.98. The number of hydrazone groups is 1. The molecule has 6 rings (SSSR count). The molecular formula is C32H29N3O3. The third-order valence-corrected chi connectivity index (χ3v) is 7.12. The van der Waals surface area contributed by atoms with Gasteiger partial charge >= 0.3 is 0 Å². The maximum Gasteiger partial charge on any atom is 0.144 e. The van der Waals surface area contributed by atoms with E-state index in [4.69, 9.17) is 19.3 Å². The number of anilines is 1. The predicted molar refractivity (Wildman–Crippen MR) is 153 cm³/mol. The number of methoxy groups -OCH3 is 3. The van der Waals surface area contributed by atoms with Crippen molar-refractivity contribution < 1.29 is 14.2 Å². The van der Waals surface area contributed by atoms with E-state index in [-0.39, 0.29) is 6.04 Å². The third-order valence-electron chi connectivity index (χ3n) is 7.12. The van der Waals surface area contributed by atoms with Gasteiger partial charge in [-0.1, -0.05) is 30.3 Å². The van der Waals surface area contributed by atoms with Crippen LogP contribution in [0.2, 0.25) is 0 Å². The first-order valence-corrected chi connectivity index (χ1v) is 12.6. The minimum Gasteiger partial charge on any atom is -0.497 e. The lowest BCUT2D eigenvalue weighted by molar-refractivity contribution is 0.413. The molecule has 4 aromatic carbocycles. The van der Waals surface area contributed by atoms with Crippen LogP contribution in [0.4, 0.5) is 5.69 Å². The van der Waals surface area contributed by atoms with E-state index in [1.807, 2.05) is 42.5 Å². The summed E-state index contributed by atoms with van der Waals surface area (Å²) in [7, 11) is 5.07. The molecule has 6 nitrogen and oxygen atoms in total. The van der Waals surface area contributed by atoms with Gasteiger partial charge < -0.3 is 19.2 Å². The van der Waals surface area contributed by atoms with E-state index in [2.05, 4.69) is 64.6 Å². The van der Waals surface area contributed by atoms with E-state index in [1.165, 1.54) is 10.9 Å². The first kappa shape index (κ1) is 23.7. The summed E-state index contributed by atoms with van der Waals surface area (Å²) in [5.74, 6) is 2.43. The summed E-state index contributed by atoms with van der Waals surface area (Å²) in [4.78, 5) is 3.70. The quantitative estimate of drug-likeness (QED) is 0.255. The van der Waals surface area contributed by atoms with Gasteiger partial charge in [0.25, 0.3) is 0 Å². The highest BCUT2D eigenvalue weighted by Crippen LogP contribution is 2.46. The Kier molecular flexibility index (Phi) is 6.22. The Morgan fingerprint density at radius 3 is 2.03 bits per heavy atom. The molecule has 0 aliphatic carbocycles. The zero-order valence-electron chi connectivity index (χ0n) is 21.6. The number of rotatable bonds is 7. The van der Waals surface area contributed by atoms with E-state index in [0.29, 0.717) is 0 Å². The molecule has 6 heteroatoms. The number of fused-ring (bicyclic) bond motifs is 1. The lowest BCUT2D eigenvalue weighted by Crippen LogP contribution is -2.19. The van der Waals surface area contributed by atoms with Crippen LogP contribution in [-0.2, 0) is 0 Å². The van der Waals surface area contributed by atoms with E-state index in [9.17, 15) is 0 Å². The second-order valence-electron chi connectivity index (χ2n) is 9.20. The average Bonchev–Trinajstić information content (AvgIpc) is 3.59. The van der Waals surface area contributed by atoms with Crippen LogP contribution in [0.25, 0.3) is 22.2 Å². The summed E-state index contributed by atoms with van der Waals surface area (Å²) in [6, 6.07) is 32.7. The van der Waals surface area contributed by atoms with E-state index in [1.54, 1.807) is 21.3 Å². The van der Waals surface area contributed by atoms with Gasteiger partial charge in [0.15, 0.2) is 0 Å². The first-order chi connectivity index (χ1) is 18.7. The van der Waals surface area contributed by atoms with E-state index in [0.717, 1.165) is 57.4 Å². The summed E-state index contributed by atoms with van der Waals surface area (Å²) in [5, 5.41) is 8.48. The van der Waals surface area contributed by atoms with Crippen molar-refractivity contribution in [3.63, 3.8) is 0 Å². The molecule has 0 fully saturated rings. The highest BCUT2D eigenvalue weighted by Gasteiger charge is 2.35. The van der Waals surface area contributed by atoms with Gasteiger partial charge in [0.2, 0.25) is 0 Å². The Labute approximate surface area is 222 Å². The monoisotopic (exact) mass is 503 g/mol. The number of hydrogen-bond donors (Lipinski definition) is 1. The maximum absolute atomic E-state index is 5.77. The fourth-order valence-corrected chi connectivity index (χ4v) is 5.23. The molecule has 0 bridgehead atoms. The average molecular weight is 504 g/mol. The van der Waals surface area contributed by atoms with Crippen molar-refractivity contribution in [2.45, 2.75) is 12.5 Å². The SMILES string of the molecule is COc1ccc(C2=NN(c3ccccc3OC)[C@H](c3c(-c4ccc(OC)cc4)[nH]c4ccccc34)C2)cc1. The highest BCUT2D eigenvalue weighted by molar-refractivity contribution is 6.04. The van der Waals surface area contributed by atoms with Crippen molar-refractivity contribution in [1.29, 1.82) is 0 Å². The largest absolute Gasteiger partial charge is 0.497 e. The van der Waals surface area contributed by atoms with Gasteiger partial charge in [0, 0.05) is 22.9 Å². The molecule has 0 spiro atoms. The van der Waals surface area contributed by atoms with Crippen molar-refractivity contribution in [2.24, 2.45) is 5.10 Å². The van der Waals surface area contributed by atoms with Crippen LogP contribution in [0, 0.1) is 0 Å². The number of para-hydroxylation sites is 3. The van der Waals surface area contributed by atoms with E-state index >= 15 is 0 Å². The van der Waals surface area contributed by atoms with Crippen LogP contribution < -0.4 is 19.2 Å². The zero-order valence-corrected chi connectivity index (χ0v) is 21.6. The molecule has 1 N–H and O–H groups in total. The Bertz CT molecular complexity index is 1600. The molecule has 1 aliphatic heterocycles. The second-order valence-corrected chi connectivity index (χ2v) is 9.20. The van der Waals surface area contributed by atoms with Gasteiger partial charge in [0.1, 0.15) is 22.9 Å². The van der Waals surface area contributed by atoms with Gasteiger partial charge in [-0.15, -0.1) is 0 Å². The van der Waals surface area contributed by atoms with Crippen molar-refractivity contribution >= 4 is 22.3 Å². The molecule has 2 heterocycles. The van der Waals surface area contributed by atoms with Crippen LogP contribution in [0.3, 0.4) is 0 Å². The van der Waals surface area contributed by atoms with Crippen molar-refractivity contribution in [3.05, 3.63) is 108 Å². The number of aromatic nitrogens is 1. The lowest BCUT2D eigenvalue weighted by Gasteiger charge is -2.26. The number of H-pyrrole nitrogens is 1. The van der Waals surface area contributed by atoms with Crippen molar-refractivity contribution in [2.75, 3.05) is 26.3 Å². The van der Waals surface area contributed by atoms with Crippen molar-refractivity contribution in [1.82, 2.24) is 4.98 Å². The molecule has 0 radical (unpaired) electrons. The summed E-state index contributed by atoms with van der Waals surface area (Å²) >= 11 is 0. The number of nitrogens with zero attached hydrogens (tertiary/aromatic N) is 2. The Morgan fingerprint density at radius 1 is 0.711 bits per heavy atom. The van der Waals surface area contributed by atoms with Crippen LogP contribution in [0.5, 0.6) is 17.2 Å². The molecule has 0 unspecified atom stereocenters. The number of ether oxygens (including phenoxy) is 3. The first-order valence-electron chi connectivity index (χ1n) is 12.6. The Hall–Kier alpha value is -4.71. The zero-order chi connectivity index (χ0) is 26.1. The molecule has 190 valence electrons. The molecule has 0 saturated carbocycles. The lowest BCUT2D eigenvalue weighted by atomic mass is 9.93. The molecular weight excluding hydrogens is 474 g/mol. The summed E-state index contributed by atoms with van der Waals surface area (Å²) < 4.78 is 16.6. The molecule has 1 aromatic heterocycles. The topological polar surface area (TPSA) is 59.1 Å². The number of aromatic amines is 1. The van der Waals surface area contributed by atoms with Crippen LogP contribution in [0.15, 0.2) is 102 Å². The van der Waals surface area contributed by atoms with Crippen molar-refractivity contribution in [3.8, 4) is 28.5 Å². The minimum absolute atomic E-state index is 0.0587. The normalized spacial score (nSPS) is 15.0. The van der Waals surface area contributed by atoms with Crippen LogP contribution in [-0.4, -0.2) is 32.0 Å². The summed E-state index contributed by atoms with van der Waals surface area (Å²) in [6.07, 6.45) is 0.732. The van der Waals surface area contributed by atoms with Gasteiger partial charge in [-0.2, -0.15) is 5.10 Å². The predicted octanol–water partition coefficient (Wildman–Crippen LogP) is 7.22. The molecule has 0 amide bonds. The minimum atomic E-state index is -0.0587. The Balaban J connectivity index is 1.53. The Morgan fingerprint density at radius 2 is 1.34 bits per heavy atom. The highest BCUT2D eigenvalue weighted by atomic mass is 16.5. The van der Waals surface area contributed by atoms with E-state index < -0.39 is 0 Å². The smallest absolute Gasteiger partial charge is 0.144 e. The molecule has 5 aromatic rings. The molecule has 1 atom stereocenters. The number of nitrogens with one attached hydrogen (secondary N) is 1. The van der Waals surface area contributed by atoms with Crippen LogP contribution in [0.1, 0.15) is 23.6 Å². The summed E-state index contributed by atoms with van der Waals surface area (Å²) in [6.45, 7) is 0. The van der Waals surface area contributed by atoms with Gasteiger partial charge in [-0.3, -0.25) is 5.01 Å². The third kappa shape index (κ3) is 4.14. The number of hydrogen-bond acceptors (Lipinski definition) is 5. The van der Waals surface area contributed by atoms with Gasteiger partial charge in [0.05, 0.1) is 38.8 Å². The maximum atomic E-state index is 5.77. The molecule has 0 saturated heterocycles. The van der Waals surface area contributed by atoms with Gasteiger partial charge in [-0.25, -0.2) is 0 Å². The molecule has 1 aliphatic rings. The standard InChI is InChI=1S/C32H29N3O3/c1-36-23-16-12-21(13-17-23)27-20-29(35(34-27)28-10-6-7-11-30(28)38-3)31-25-8-4-5-9-26(25)33-32(31)22-14-18-24(37-2)19-15-22/h4-19,29,33H,20H2,1-3H3/t29-/m0/s1. The van der Waals surface area contributed by atoms with Gasteiger partial charge in [-0.05, 0) is 77.9 Å². The molecule has 38 heavy (non-hydrogen) atoms. The van der Waals surface area contributed by atoms with Crippen LogP contribution >= 0.6 is 0 Å².